The molecule has 1 heterocycles. The summed E-state index contributed by atoms with van der Waals surface area (Å²) in [7, 11) is 1.45. The number of carbonyl (C=O) groups excluding carboxylic acids is 1. The first kappa shape index (κ1) is 18.7. The minimum absolute atomic E-state index is 0.00421. The van der Waals surface area contributed by atoms with Crippen LogP contribution in [0.3, 0.4) is 0 Å². The van der Waals surface area contributed by atoms with E-state index in [-0.39, 0.29) is 24.1 Å². The van der Waals surface area contributed by atoms with Crippen LogP contribution in [0.2, 0.25) is 0 Å². The van der Waals surface area contributed by atoms with E-state index in [0.717, 1.165) is 5.69 Å². The van der Waals surface area contributed by atoms with Crippen LogP contribution in [0, 0.1) is 10.1 Å². The molecule has 1 aliphatic heterocycles. The summed E-state index contributed by atoms with van der Waals surface area (Å²) in [5.41, 5.74) is 1.30. The summed E-state index contributed by atoms with van der Waals surface area (Å²) in [5.74, 6) is 0.174. The number of amides is 1. The third-order valence-electron chi connectivity index (χ3n) is 4.42. The maximum atomic E-state index is 12.5. The number of hydrogen-bond acceptors (Lipinski definition) is 6. The summed E-state index contributed by atoms with van der Waals surface area (Å²) in [6, 6.07) is 14.0. The molecular formula is C19H21N3O5. The first-order chi connectivity index (χ1) is 13.1. The van der Waals surface area contributed by atoms with Gasteiger partial charge in [-0.25, -0.2) is 0 Å². The van der Waals surface area contributed by atoms with E-state index in [9.17, 15) is 14.9 Å². The summed E-state index contributed by atoms with van der Waals surface area (Å²) < 4.78 is 10.1. The van der Waals surface area contributed by atoms with Gasteiger partial charge in [0.05, 0.1) is 4.92 Å². The van der Waals surface area contributed by atoms with E-state index in [0.29, 0.717) is 31.7 Å². The van der Waals surface area contributed by atoms with Crippen molar-refractivity contribution in [3.63, 3.8) is 0 Å². The Bertz CT molecular complexity index is 804. The molecule has 1 saturated heterocycles. The van der Waals surface area contributed by atoms with Crippen molar-refractivity contribution in [3.05, 3.63) is 64.2 Å². The fraction of sp³-hybridized carbons (Fsp3) is 0.316. The van der Waals surface area contributed by atoms with Gasteiger partial charge in [-0.15, -0.1) is 0 Å². The lowest BCUT2D eigenvalue weighted by atomic mass is 10.1. The quantitative estimate of drug-likeness (QED) is 0.441. The maximum Gasteiger partial charge on any atom is 0.313 e. The predicted octanol–water partition coefficient (Wildman–Crippen LogP) is 2.54. The number of anilines is 1. The standard InChI is InChI=1S/C19H21N3O5/c1-26-14-27-18-8-7-16(13-17(18)22(24)25)20-9-11-21(12-10-20)19(23)15-5-3-2-4-6-15/h2-8,13H,9-12,14H2,1H3. The topological polar surface area (TPSA) is 85.2 Å². The number of rotatable bonds is 6. The molecule has 0 unspecified atom stereocenters. The molecule has 2 aromatic carbocycles. The Morgan fingerprint density at radius 2 is 1.81 bits per heavy atom. The van der Waals surface area contributed by atoms with E-state index in [1.165, 1.54) is 13.2 Å². The number of ether oxygens (including phenoxy) is 2. The number of nitro groups is 1. The van der Waals surface area contributed by atoms with Crippen LogP contribution < -0.4 is 9.64 Å². The zero-order chi connectivity index (χ0) is 19.2. The molecule has 2 aromatic rings. The van der Waals surface area contributed by atoms with Gasteiger partial charge in [-0.3, -0.25) is 14.9 Å². The number of benzene rings is 2. The molecule has 0 spiro atoms. The van der Waals surface area contributed by atoms with Crippen LogP contribution >= 0.6 is 0 Å². The van der Waals surface area contributed by atoms with Gasteiger partial charge < -0.3 is 19.3 Å². The normalized spacial score (nSPS) is 14.1. The van der Waals surface area contributed by atoms with Gasteiger partial charge in [0, 0.05) is 50.6 Å². The SMILES string of the molecule is COCOc1ccc(N2CCN(C(=O)c3ccccc3)CC2)cc1[N+](=O)[O-]. The smallest absolute Gasteiger partial charge is 0.313 e. The Morgan fingerprint density at radius 3 is 2.44 bits per heavy atom. The number of methoxy groups -OCH3 is 1. The molecule has 27 heavy (non-hydrogen) atoms. The number of nitro benzene ring substituents is 1. The average molecular weight is 371 g/mol. The summed E-state index contributed by atoms with van der Waals surface area (Å²) >= 11 is 0. The van der Waals surface area contributed by atoms with Crippen molar-refractivity contribution in [1.29, 1.82) is 0 Å². The van der Waals surface area contributed by atoms with Crippen LogP contribution in [0.15, 0.2) is 48.5 Å². The largest absolute Gasteiger partial charge is 0.460 e. The third kappa shape index (κ3) is 4.35. The lowest BCUT2D eigenvalue weighted by molar-refractivity contribution is -0.386. The molecule has 0 aromatic heterocycles. The number of nitrogens with zero attached hydrogens (tertiary/aromatic N) is 3. The van der Waals surface area contributed by atoms with Gasteiger partial charge in [-0.2, -0.15) is 0 Å². The van der Waals surface area contributed by atoms with E-state index in [1.54, 1.807) is 29.2 Å². The second-order valence-electron chi connectivity index (χ2n) is 6.11. The van der Waals surface area contributed by atoms with Crippen LogP contribution in [0.5, 0.6) is 5.75 Å². The molecular weight excluding hydrogens is 350 g/mol. The molecule has 0 aliphatic carbocycles. The molecule has 0 atom stereocenters. The summed E-state index contributed by atoms with van der Waals surface area (Å²) in [5, 5.41) is 11.3. The van der Waals surface area contributed by atoms with E-state index in [1.807, 2.05) is 23.1 Å². The monoisotopic (exact) mass is 371 g/mol. The first-order valence-corrected chi connectivity index (χ1v) is 8.59. The predicted molar refractivity (Wildman–Crippen MR) is 100 cm³/mol. The second-order valence-corrected chi connectivity index (χ2v) is 6.11. The van der Waals surface area contributed by atoms with Crippen molar-refractivity contribution in [2.45, 2.75) is 0 Å². The van der Waals surface area contributed by atoms with E-state index in [4.69, 9.17) is 9.47 Å². The van der Waals surface area contributed by atoms with Crippen molar-refractivity contribution in [3.8, 4) is 5.75 Å². The minimum Gasteiger partial charge on any atom is -0.460 e. The fourth-order valence-corrected chi connectivity index (χ4v) is 3.02. The zero-order valence-electron chi connectivity index (χ0n) is 15.0. The average Bonchev–Trinajstić information content (AvgIpc) is 2.72. The zero-order valence-corrected chi connectivity index (χ0v) is 15.0. The molecule has 142 valence electrons. The Kier molecular flexibility index (Phi) is 5.87. The molecule has 8 nitrogen and oxygen atoms in total. The van der Waals surface area contributed by atoms with Crippen molar-refractivity contribution in [2.75, 3.05) is 45.0 Å². The minimum atomic E-state index is -0.469. The summed E-state index contributed by atoms with van der Waals surface area (Å²) in [6.07, 6.45) is 0. The highest BCUT2D eigenvalue weighted by Crippen LogP contribution is 2.32. The van der Waals surface area contributed by atoms with Gasteiger partial charge in [0.2, 0.25) is 0 Å². The molecule has 1 amide bonds. The molecule has 0 bridgehead atoms. The van der Waals surface area contributed by atoms with Gasteiger partial charge in [-0.1, -0.05) is 18.2 Å². The van der Waals surface area contributed by atoms with Gasteiger partial charge in [0.25, 0.3) is 5.91 Å². The van der Waals surface area contributed by atoms with Crippen LogP contribution in [0.1, 0.15) is 10.4 Å². The number of hydrogen-bond donors (Lipinski definition) is 0. The van der Waals surface area contributed by atoms with Gasteiger partial charge in [0.15, 0.2) is 12.5 Å². The van der Waals surface area contributed by atoms with E-state index >= 15 is 0 Å². The van der Waals surface area contributed by atoms with Crippen LogP contribution in [-0.2, 0) is 4.74 Å². The van der Waals surface area contributed by atoms with Crippen molar-refractivity contribution >= 4 is 17.3 Å². The highest BCUT2D eigenvalue weighted by molar-refractivity contribution is 5.94. The van der Waals surface area contributed by atoms with E-state index < -0.39 is 4.92 Å². The van der Waals surface area contributed by atoms with Gasteiger partial charge >= 0.3 is 5.69 Å². The van der Waals surface area contributed by atoms with Gasteiger partial charge in [-0.05, 0) is 24.3 Å². The lowest BCUT2D eigenvalue weighted by Crippen LogP contribution is -2.48. The van der Waals surface area contributed by atoms with Crippen molar-refractivity contribution in [2.24, 2.45) is 0 Å². The Balaban J connectivity index is 1.68. The fourth-order valence-electron chi connectivity index (χ4n) is 3.02. The van der Waals surface area contributed by atoms with Gasteiger partial charge in [0.1, 0.15) is 0 Å². The Labute approximate surface area is 157 Å². The molecule has 1 fully saturated rings. The molecule has 1 aliphatic rings. The molecule has 3 rings (SSSR count). The maximum absolute atomic E-state index is 12.5. The second kappa shape index (κ2) is 8.50. The van der Waals surface area contributed by atoms with Crippen LogP contribution in [0.25, 0.3) is 0 Å². The first-order valence-electron chi connectivity index (χ1n) is 8.59. The molecule has 8 heteroatoms. The Hall–Kier alpha value is -3.13. The van der Waals surface area contributed by atoms with Crippen LogP contribution in [0.4, 0.5) is 11.4 Å². The highest BCUT2D eigenvalue weighted by atomic mass is 16.7. The van der Waals surface area contributed by atoms with Crippen LogP contribution in [-0.4, -0.2) is 55.8 Å². The molecule has 0 saturated carbocycles. The van der Waals surface area contributed by atoms with E-state index in [2.05, 4.69) is 0 Å². The number of carbonyl (C=O) groups is 1. The summed E-state index contributed by atoms with van der Waals surface area (Å²) in [6.45, 7) is 2.27. The van der Waals surface area contributed by atoms with Crippen molar-refractivity contribution < 1.29 is 19.2 Å². The molecule has 0 N–H and O–H groups in total. The Morgan fingerprint density at radius 1 is 1.11 bits per heavy atom. The molecule has 0 radical (unpaired) electrons. The summed E-state index contributed by atoms with van der Waals surface area (Å²) in [4.78, 5) is 27.2. The number of piperazine rings is 1. The highest BCUT2D eigenvalue weighted by Gasteiger charge is 2.24. The third-order valence-corrected chi connectivity index (χ3v) is 4.42. The van der Waals surface area contributed by atoms with Crippen molar-refractivity contribution in [1.82, 2.24) is 4.90 Å². The lowest BCUT2D eigenvalue weighted by Gasteiger charge is -2.36.